The third-order valence-corrected chi connectivity index (χ3v) is 7.74. The van der Waals surface area contributed by atoms with E-state index in [0.717, 1.165) is 21.0 Å². The van der Waals surface area contributed by atoms with E-state index >= 15 is 0 Å². The molecule has 0 saturated carbocycles. The molecule has 0 bridgehead atoms. The second kappa shape index (κ2) is 15.2. The summed E-state index contributed by atoms with van der Waals surface area (Å²) < 4.78 is 30.4. The van der Waals surface area contributed by atoms with Gasteiger partial charge in [0.25, 0.3) is 0 Å². The molecule has 14 heteroatoms. The highest BCUT2D eigenvalue weighted by atomic mass is 32.2. The molecule has 0 fully saturated rings. The molecule has 0 aliphatic rings. The summed E-state index contributed by atoms with van der Waals surface area (Å²) in [5.74, 6) is -0.385. The SMILES string of the molecule is COC(=O)N[C@@H](Cc1ccccc1)C(=O)N[C@@H](Cc1ccc(NOS(=O)[O-])cc1)c1csc(-c2cccs2)n1.N. The lowest BCUT2D eigenvalue weighted by molar-refractivity contribution is -0.123. The van der Waals surface area contributed by atoms with Gasteiger partial charge in [-0.25, -0.2) is 14.0 Å². The zero-order chi connectivity index (χ0) is 27.6. The first kappa shape index (κ1) is 30.9. The minimum atomic E-state index is -2.70. The summed E-state index contributed by atoms with van der Waals surface area (Å²) in [5, 5.41) is 10.4. The van der Waals surface area contributed by atoms with Crippen molar-refractivity contribution >= 4 is 51.7 Å². The third-order valence-electron chi connectivity index (χ3n) is 5.63. The van der Waals surface area contributed by atoms with Crippen molar-refractivity contribution in [2.24, 2.45) is 0 Å². The van der Waals surface area contributed by atoms with Crippen LogP contribution in [0, 0.1) is 0 Å². The van der Waals surface area contributed by atoms with Crippen LogP contribution in [-0.2, 0) is 38.0 Å². The van der Waals surface area contributed by atoms with Gasteiger partial charge in [-0.05, 0) is 41.1 Å². The molecule has 1 unspecified atom stereocenters. The molecule has 3 atom stereocenters. The summed E-state index contributed by atoms with van der Waals surface area (Å²) >= 11 is 0.361. The number of thiazole rings is 1. The van der Waals surface area contributed by atoms with Crippen molar-refractivity contribution < 1.29 is 27.4 Å². The standard InChI is InChI=1S/C26H26N4O6S3.H3N/c1-35-26(32)29-21(15-17-6-3-2-4-7-17)24(31)27-20(22-16-38-25(28-22)23-8-5-13-37-23)14-18-9-11-19(12-10-18)30-36-39(33)34;/h2-13,16,20-21,30H,14-15H2,1H3,(H,27,31)(H,29,32)(H,33,34);1H3/p-1/t20-,21-;/m0./s1. The number of hydrogen-bond donors (Lipinski definition) is 4. The van der Waals surface area contributed by atoms with Gasteiger partial charge >= 0.3 is 6.09 Å². The highest BCUT2D eigenvalue weighted by Crippen LogP contribution is 2.31. The number of anilines is 1. The number of aromatic nitrogens is 1. The zero-order valence-corrected chi connectivity index (χ0v) is 23.9. The maximum atomic E-state index is 13.5. The van der Waals surface area contributed by atoms with Crippen LogP contribution in [0.15, 0.2) is 77.5 Å². The van der Waals surface area contributed by atoms with Crippen molar-refractivity contribution in [3.63, 3.8) is 0 Å². The molecule has 2 aromatic carbocycles. The van der Waals surface area contributed by atoms with Crippen LogP contribution in [0.5, 0.6) is 0 Å². The summed E-state index contributed by atoms with van der Waals surface area (Å²) in [6, 6.07) is 18.8. The van der Waals surface area contributed by atoms with Crippen molar-refractivity contribution in [1.82, 2.24) is 21.8 Å². The number of nitrogens with zero attached hydrogens (tertiary/aromatic N) is 1. The normalized spacial score (nSPS) is 12.8. The Kier molecular flexibility index (Phi) is 11.7. The zero-order valence-electron chi connectivity index (χ0n) is 21.4. The summed E-state index contributed by atoms with van der Waals surface area (Å²) in [6.45, 7) is 0. The van der Waals surface area contributed by atoms with Crippen LogP contribution in [0.25, 0.3) is 9.88 Å². The van der Waals surface area contributed by atoms with E-state index < -0.39 is 29.5 Å². The van der Waals surface area contributed by atoms with E-state index in [-0.39, 0.29) is 18.5 Å². The van der Waals surface area contributed by atoms with Crippen molar-refractivity contribution in [2.75, 3.05) is 12.6 Å². The molecule has 2 aromatic heterocycles. The van der Waals surface area contributed by atoms with Crippen LogP contribution >= 0.6 is 22.7 Å². The molecular formula is C26H28N5O6S3-. The van der Waals surface area contributed by atoms with E-state index in [1.807, 2.05) is 53.2 Å². The molecule has 4 rings (SSSR count). The molecule has 11 nitrogen and oxygen atoms in total. The summed E-state index contributed by atoms with van der Waals surface area (Å²) in [7, 11) is 1.25. The van der Waals surface area contributed by atoms with Gasteiger partial charge < -0.3 is 26.1 Å². The molecule has 40 heavy (non-hydrogen) atoms. The Morgan fingerprint density at radius 3 is 2.35 bits per heavy atom. The number of rotatable bonds is 12. The summed E-state index contributed by atoms with van der Waals surface area (Å²) in [6.07, 6.45) is -0.0434. The Balaban J connectivity index is 0.00000441. The van der Waals surface area contributed by atoms with Gasteiger partial charge in [-0.15, -0.1) is 22.7 Å². The number of nitrogens with one attached hydrogen (secondary N) is 3. The number of hydrogen-bond acceptors (Lipinski definition) is 11. The lowest BCUT2D eigenvalue weighted by Gasteiger charge is -2.23. The molecule has 2 heterocycles. The quantitative estimate of drug-likeness (QED) is 0.134. The van der Waals surface area contributed by atoms with Crippen LogP contribution in [-0.4, -0.2) is 38.9 Å². The van der Waals surface area contributed by atoms with Crippen LogP contribution in [0.2, 0.25) is 0 Å². The maximum Gasteiger partial charge on any atom is 0.407 e. The van der Waals surface area contributed by atoms with Gasteiger partial charge in [0, 0.05) is 11.8 Å². The van der Waals surface area contributed by atoms with E-state index in [4.69, 9.17) is 9.72 Å². The van der Waals surface area contributed by atoms with E-state index in [1.54, 1.807) is 35.6 Å². The molecule has 6 N–H and O–H groups in total. The monoisotopic (exact) mass is 602 g/mol. The average Bonchev–Trinajstić information content (AvgIpc) is 3.65. The number of benzene rings is 2. The molecule has 212 valence electrons. The lowest BCUT2D eigenvalue weighted by Crippen LogP contribution is -2.49. The number of ether oxygens (including phenoxy) is 1. The number of alkyl carbamates (subject to hydrolysis) is 1. The first-order valence-electron chi connectivity index (χ1n) is 11.7. The predicted octanol–water partition coefficient (Wildman–Crippen LogP) is 4.54. The molecule has 0 radical (unpaired) electrons. The summed E-state index contributed by atoms with van der Waals surface area (Å²) in [4.78, 5) is 31.4. The van der Waals surface area contributed by atoms with Crippen LogP contribution in [0.3, 0.4) is 0 Å². The highest BCUT2D eigenvalue weighted by Gasteiger charge is 2.26. The van der Waals surface area contributed by atoms with Gasteiger partial charge in [0.1, 0.15) is 22.4 Å². The molecule has 0 spiro atoms. The molecular weight excluding hydrogens is 575 g/mol. The Morgan fingerprint density at radius 1 is 0.975 bits per heavy atom. The van der Waals surface area contributed by atoms with Crippen molar-refractivity contribution in [2.45, 2.75) is 24.9 Å². The average molecular weight is 603 g/mol. The topological polar surface area (TPSA) is 177 Å². The smallest absolute Gasteiger partial charge is 0.407 e. The minimum Gasteiger partial charge on any atom is -0.748 e. The molecule has 0 saturated heterocycles. The first-order chi connectivity index (χ1) is 18.9. The third kappa shape index (κ3) is 8.94. The fourth-order valence-electron chi connectivity index (χ4n) is 3.75. The van der Waals surface area contributed by atoms with E-state index in [0.29, 0.717) is 17.8 Å². The van der Waals surface area contributed by atoms with E-state index in [9.17, 15) is 18.4 Å². The van der Waals surface area contributed by atoms with Gasteiger partial charge in [-0.1, -0.05) is 48.5 Å². The van der Waals surface area contributed by atoms with Gasteiger partial charge in [0.2, 0.25) is 5.91 Å². The van der Waals surface area contributed by atoms with E-state index in [2.05, 4.69) is 20.4 Å². The summed E-state index contributed by atoms with van der Waals surface area (Å²) in [5.41, 5.74) is 5.19. The largest absolute Gasteiger partial charge is 0.748 e. The predicted molar refractivity (Wildman–Crippen MR) is 155 cm³/mol. The van der Waals surface area contributed by atoms with Gasteiger partial charge in [-0.2, -0.15) is 4.28 Å². The van der Waals surface area contributed by atoms with Crippen molar-refractivity contribution in [3.05, 3.63) is 94.3 Å². The van der Waals surface area contributed by atoms with Crippen molar-refractivity contribution in [3.8, 4) is 9.88 Å². The van der Waals surface area contributed by atoms with Crippen LogP contribution in [0.4, 0.5) is 10.5 Å². The van der Waals surface area contributed by atoms with Gasteiger partial charge in [-0.3, -0.25) is 10.3 Å². The van der Waals surface area contributed by atoms with Gasteiger partial charge in [0.15, 0.2) is 0 Å². The molecule has 0 aliphatic carbocycles. The Hall–Kier alpha value is -3.66. The number of amides is 2. The Labute approximate surface area is 242 Å². The number of carbonyl (C=O) groups excluding carboxylic acids is 2. The van der Waals surface area contributed by atoms with Crippen LogP contribution in [0.1, 0.15) is 22.9 Å². The van der Waals surface area contributed by atoms with Gasteiger partial charge in [0.05, 0.1) is 29.4 Å². The van der Waals surface area contributed by atoms with E-state index in [1.165, 1.54) is 18.4 Å². The van der Waals surface area contributed by atoms with Crippen molar-refractivity contribution in [1.29, 1.82) is 0 Å². The Morgan fingerprint density at radius 2 is 1.70 bits per heavy atom. The second-order valence-electron chi connectivity index (χ2n) is 8.28. The fourth-order valence-corrected chi connectivity index (χ4v) is 5.60. The molecule has 0 aliphatic heterocycles. The lowest BCUT2D eigenvalue weighted by atomic mass is 10.0. The fraction of sp³-hybridized carbons (Fsp3) is 0.192. The van der Waals surface area contributed by atoms with Crippen LogP contribution < -0.4 is 22.3 Å². The highest BCUT2D eigenvalue weighted by molar-refractivity contribution is 7.74. The number of carbonyl (C=O) groups is 2. The Bertz CT molecular complexity index is 1380. The number of methoxy groups -OCH3 is 1. The number of thiophene rings is 1. The first-order valence-corrected chi connectivity index (χ1v) is 14.5. The second-order valence-corrected chi connectivity index (χ2v) is 10.7. The maximum absolute atomic E-state index is 13.5. The molecule has 4 aromatic rings. The minimum absolute atomic E-state index is 0. The molecule has 2 amide bonds.